The van der Waals surface area contributed by atoms with Crippen LogP contribution in [0.25, 0.3) is 0 Å². The molecule has 0 aromatic carbocycles. The van der Waals surface area contributed by atoms with Gasteiger partial charge in [0.2, 0.25) is 5.91 Å². The first-order valence-electron chi connectivity index (χ1n) is 10.6. The van der Waals surface area contributed by atoms with Crippen LogP contribution in [0, 0.1) is 11.8 Å². The zero-order valence-electron chi connectivity index (χ0n) is 16.2. The Labute approximate surface area is 154 Å². The Morgan fingerprint density at radius 2 is 1.68 bits per heavy atom. The molecule has 4 nitrogen and oxygen atoms in total. The van der Waals surface area contributed by atoms with Gasteiger partial charge in [0.05, 0.1) is 0 Å². The highest BCUT2D eigenvalue weighted by Gasteiger charge is 2.24. The van der Waals surface area contributed by atoms with E-state index in [9.17, 15) is 4.79 Å². The second-order valence-corrected chi connectivity index (χ2v) is 8.25. The minimum Gasteiger partial charge on any atom is -0.340 e. The summed E-state index contributed by atoms with van der Waals surface area (Å²) in [4.78, 5) is 19.7. The molecule has 0 saturated carbocycles. The highest BCUT2D eigenvalue weighted by Crippen LogP contribution is 2.25. The Hall–Kier alpha value is -0.870. The third-order valence-corrected chi connectivity index (χ3v) is 6.54. The summed E-state index contributed by atoms with van der Waals surface area (Å²) in [5.41, 5.74) is 0. The molecule has 0 radical (unpaired) electrons. The first-order valence-corrected chi connectivity index (χ1v) is 10.6. The summed E-state index contributed by atoms with van der Waals surface area (Å²) in [6.07, 6.45) is 13.1. The quantitative estimate of drug-likeness (QED) is 0.691. The third kappa shape index (κ3) is 5.82. The molecule has 1 atom stereocenters. The van der Waals surface area contributed by atoms with Crippen LogP contribution in [-0.2, 0) is 4.79 Å². The fourth-order valence-electron chi connectivity index (χ4n) is 4.64. The van der Waals surface area contributed by atoms with Crippen molar-refractivity contribution < 1.29 is 4.79 Å². The molecule has 1 unspecified atom stereocenters. The van der Waals surface area contributed by atoms with E-state index in [0.29, 0.717) is 5.91 Å². The molecular weight excluding hydrogens is 310 g/mol. The van der Waals surface area contributed by atoms with Gasteiger partial charge in [-0.05, 0) is 70.0 Å². The summed E-state index contributed by atoms with van der Waals surface area (Å²) in [7, 11) is 0. The van der Waals surface area contributed by atoms with Gasteiger partial charge < -0.3 is 14.7 Å². The normalized spacial score (nSPS) is 26.9. The van der Waals surface area contributed by atoms with Crippen LogP contribution in [0.3, 0.4) is 0 Å². The van der Waals surface area contributed by atoms with Crippen molar-refractivity contribution in [2.45, 2.75) is 51.9 Å². The Balaban J connectivity index is 1.30. The highest BCUT2D eigenvalue weighted by molar-refractivity contribution is 5.76. The van der Waals surface area contributed by atoms with Crippen LogP contribution in [0.4, 0.5) is 0 Å². The van der Waals surface area contributed by atoms with Gasteiger partial charge in [-0.2, -0.15) is 0 Å². The molecule has 0 bridgehead atoms. The molecule has 0 aromatic rings. The number of allylic oxidation sites excluding steroid dienone is 2. The molecule has 2 fully saturated rings. The van der Waals surface area contributed by atoms with Gasteiger partial charge in [-0.15, -0.1) is 0 Å². The molecule has 0 spiro atoms. The maximum atomic E-state index is 12.5. The molecule has 1 amide bonds. The molecule has 0 N–H and O–H groups in total. The monoisotopic (exact) mass is 347 g/mol. The van der Waals surface area contributed by atoms with Gasteiger partial charge in [0.1, 0.15) is 0 Å². The standard InChI is InChI=1S/C21H37N3O/c1-2-22-14-16-24(17-15-22)21(25)9-8-19-10-12-23(13-11-19)18-20-6-4-3-5-7-20/h3-4,19-20H,2,5-18H2,1H3. The number of carbonyl (C=O) groups excluding carboxylic acids is 1. The summed E-state index contributed by atoms with van der Waals surface area (Å²) < 4.78 is 0. The van der Waals surface area contributed by atoms with Crippen molar-refractivity contribution in [1.82, 2.24) is 14.7 Å². The summed E-state index contributed by atoms with van der Waals surface area (Å²) in [6, 6.07) is 0. The zero-order valence-corrected chi connectivity index (χ0v) is 16.2. The number of rotatable bonds is 6. The Bertz CT molecular complexity index is 434. The number of carbonyl (C=O) groups is 1. The van der Waals surface area contributed by atoms with Crippen molar-refractivity contribution in [3.05, 3.63) is 12.2 Å². The van der Waals surface area contributed by atoms with Gasteiger partial charge in [-0.3, -0.25) is 4.79 Å². The van der Waals surface area contributed by atoms with Crippen LogP contribution in [0.15, 0.2) is 12.2 Å². The van der Waals surface area contributed by atoms with Gasteiger partial charge >= 0.3 is 0 Å². The van der Waals surface area contributed by atoms with E-state index in [1.54, 1.807) is 0 Å². The smallest absolute Gasteiger partial charge is 0.222 e. The second kappa shape index (κ2) is 9.72. The molecule has 3 rings (SSSR count). The molecule has 142 valence electrons. The number of nitrogens with zero attached hydrogens (tertiary/aromatic N) is 3. The van der Waals surface area contributed by atoms with Crippen LogP contribution in [0.5, 0.6) is 0 Å². The predicted molar refractivity (Wildman–Crippen MR) is 104 cm³/mol. The number of amides is 1. The molecule has 3 aliphatic rings. The summed E-state index contributed by atoms with van der Waals surface area (Å²) in [5.74, 6) is 2.04. The average Bonchev–Trinajstić information content (AvgIpc) is 2.68. The van der Waals surface area contributed by atoms with Gasteiger partial charge in [0.15, 0.2) is 0 Å². The van der Waals surface area contributed by atoms with E-state index in [0.717, 1.165) is 57.4 Å². The lowest BCUT2D eigenvalue weighted by Crippen LogP contribution is -2.48. The van der Waals surface area contributed by atoms with Gasteiger partial charge in [-0.1, -0.05) is 19.1 Å². The fraction of sp³-hybridized carbons (Fsp3) is 0.857. The largest absolute Gasteiger partial charge is 0.340 e. The van der Waals surface area contributed by atoms with Crippen LogP contribution >= 0.6 is 0 Å². The lowest BCUT2D eigenvalue weighted by Gasteiger charge is -2.36. The first-order chi connectivity index (χ1) is 12.2. The number of hydrogen-bond acceptors (Lipinski definition) is 3. The lowest BCUT2D eigenvalue weighted by molar-refractivity contribution is -0.133. The van der Waals surface area contributed by atoms with E-state index in [4.69, 9.17) is 0 Å². The number of likely N-dealkylation sites (tertiary alicyclic amines) is 1. The Kier molecular flexibility index (Phi) is 7.35. The SMILES string of the molecule is CCN1CCN(C(=O)CCC2CCN(CC3CC=CCC3)CC2)CC1. The minimum atomic E-state index is 0.396. The van der Waals surface area contributed by atoms with Crippen LogP contribution < -0.4 is 0 Å². The number of piperidine rings is 1. The van der Waals surface area contributed by atoms with Crippen LogP contribution in [0.1, 0.15) is 51.9 Å². The topological polar surface area (TPSA) is 26.8 Å². The molecule has 25 heavy (non-hydrogen) atoms. The summed E-state index contributed by atoms with van der Waals surface area (Å²) in [6.45, 7) is 11.1. The van der Waals surface area contributed by atoms with Gasteiger partial charge in [0, 0.05) is 39.1 Å². The van der Waals surface area contributed by atoms with Crippen molar-refractivity contribution in [3.8, 4) is 0 Å². The molecular formula is C21H37N3O. The van der Waals surface area contributed by atoms with Crippen molar-refractivity contribution >= 4 is 5.91 Å². The Morgan fingerprint density at radius 3 is 2.32 bits per heavy atom. The zero-order chi connectivity index (χ0) is 17.5. The maximum absolute atomic E-state index is 12.5. The molecule has 0 aromatic heterocycles. The van der Waals surface area contributed by atoms with Crippen molar-refractivity contribution in [3.63, 3.8) is 0 Å². The third-order valence-electron chi connectivity index (χ3n) is 6.54. The fourth-order valence-corrected chi connectivity index (χ4v) is 4.64. The number of piperazine rings is 1. The number of hydrogen-bond donors (Lipinski definition) is 0. The van der Waals surface area contributed by atoms with Gasteiger partial charge in [0.25, 0.3) is 0 Å². The average molecular weight is 348 g/mol. The van der Waals surface area contributed by atoms with E-state index in [1.807, 2.05) is 0 Å². The van der Waals surface area contributed by atoms with E-state index in [-0.39, 0.29) is 0 Å². The first kappa shape index (κ1) is 18.9. The molecule has 2 aliphatic heterocycles. The minimum absolute atomic E-state index is 0.396. The lowest BCUT2D eigenvalue weighted by atomic mass is 9.89. The number of likely N-dealkylation sites (N-methyl/N-ethyl adjacent to an activating group) is 1. The van der Waals surface area contributed by atoms with Crippen LogP contribution in [0.2, 0.25) is 0 Å². The molecule has 4 heteroatoms. The molecule has 1 aliphatic carbocycles. The van der Waals surface area contributed by atoms with Gasteiger partial charge in [-0.25, -0.2) is 0 Å². The summed E-state index contributed by atoms with van der Waals surface area (Å²) in [5, 5.41) is 0. The maximum Gasteiger partial charge on any atom is 0.222 e. The highest BCUT2D eigenvalue weighted by atomic mass is 16.2. The Morgan fingerprint density at radius 1 is 0.920 bits per heavy atom. The van der Waals surface area contributed by atoms with Crippen LogP contribution in [-0.4, -0.2) is 73.0 Å². The van der Waals surface area contributed by atoms with E-state index >= 15 is 0 Å². The van der Waals surface area contributed by atoms with E-state index < -0.39 is 0 Å². The van der Waals surface area contributed by atoms with Crippen molar-refractivity contribution in [1.29, 1.82) is 0 Å². The predicted octanol–water partition coefficient (Wildman–Crippen LogP) is 3.00. The van der Waals surface area contributed by atoms with Crippen molar-refractivity contribution in [2.24, 2.45) is 11.8 Å². The van der Waals surface area contributed by atoms with Crippen molar-refractivity contribution in [2.75, 3.05) is 52.4 Å². The molecule has 2 heterocycles. The second-order valence-electron chi connectivity index (χ2n) is 8.25. The molecule has 2 saturated heterocycles. The summed E-state index contributed by atoms with van der Waals surface area (Å²) >= 11 is 0. The van der Waals surface area contributed by atoms with E-state index in [1.165, 1.54) is 51.7 Å². The van der Waals surface area contributed by atoms with E-state index in [2.05, 4.69) is 33.8 Å².